The predicted octanol–water partition coefficient (Wildman–Crippen LogP) is 3.17. The van der Waals surface area contributed by atoms with E-state index in [1.54, 1.807) is 18.2 Å². The van der Waals surface area contributed by atoms with Gasteiger partial charge in [0.15, 0.2) is 11.5 Å². The van der Waals surface area contributed by atoms with Gasteiger partial charge < -0.3 is 14.3 Å². The molecule has 0 fully saturated rings. The third-order valence-corrected chi connectivity index (χ3v) is 3.62. The summed E-state index contributed by atoms with van der Waals surface area (Å²) in [6.45, 7) is 6.50. The largest absolute Gasteiger partial charge is 0.487 e. The van der Waals surface area contributed by atoms with Crippen LogP contribution in [0.1, 0.15) is 47.0 Å². The molecule has 0 N–H and O–H groups in total. The van der Waals surface area contributed by atoms with Crippen molar-refractivity contribution in [2.75, 3.05) is 0 Å². The summed E-state index contributed by atoms with van der Waals surface area (Å²) in [7, 11) is 0. The molecule has 0 radical (unpaired) electrons. The molecule has 0 aliphatic heterocycles. The van der Waals surface area contributed by atoms with Gasteiger partial charge in [-0.3, -0.25) is 10.1 Å². The van der Waals surface area contributed by atoms with Gasteiger partial charge in [-0.25, -0.2) is 4.79 Å². The summed E-state index contributed by atoms with van der Waals surface area (Å²) in [5.74, 6) is -0.749. The van der Waals surface area contributed by atoms with Gasteiger partial charge in [0.1, 0.15) is 5.78 Å². The van der Waals surface area contributed by atoms with E-state index in [0.29, 0.717) is 5.75 Å². The minimum Gasteiger partial charge on any atom is -0.487 e. The molecule has 0 spiro atoms. The van der Waals surface area contributed by atoms with Crippen LogP contribution in [0.2, 0.25) is 0 Å². The molecule has 0 aliphatic rings. The van der Waals surface area contributed by atoms with Crippen LogP contribution in [0.15, 0.2) is 24.3 Å². The molecule has 0 amide bonds. The lowest BCUT2D eigenvalue weighted by atomic mass is 9.90. The molecule has 0 bridgehead atoms. The summed E-state index contributed by atoms with van der Waals surface area (Å²) < 4.78 is 10.8. The SMILES string of the molecule is CCC(CCC(C)=O)(C(=O)Oc1ccccc1OC(C)C)[N+](=O)[O-]. The summed E-state index contributed by atoms with van der Waals surface area (Å²) >= 11 is 0. The molecule has 7 heteroatoms. The number of nitro groups is 1. The normalized spacial score (nSPS) is 13.2. The summed E-state index contributed by atoms with van der Waals surface area (Å²) in [6, 6.07) is 6.50. The molecular weight excluding hydrogens is 314 g/mol. The van der Waals surface area contributed by atoms with Crippen molar-refractivity contribution in [2.24, 2.45) is 0 Å². The maximum atomic E-state index is 12.5. The number of carbonyl (C=O) groups is 2. The zero-order valence-corrected chi connectivity index (χ0v) is 14.4. The molecule has 0 aromatic heterocycles. The maximum absolute atomic E-state index is 12.5. The monoisotopic (exact) mass is 337 g/mol. The van der Waals surface area contributed by atoms with Crippen molar-refractivity contribution < 1.29 is 24.0 Å². The number of para-hydroxylation sites is 2. The van der Waals surface area contributed by atoms with Crippen molar-refractivity contribution >= 4 is 11.8 Å². The Balaban J connectivity index is 3.09. The average Bonchev–Trinajstić information content (AvgIpc) is 2.49. The van der Waals surface area contributed by atoms with E-state index in [0.717, 1.165) is 0 Å². The number of hydrogen-bond acceptors (Lipinski definition) is 6. The number of Topliss-reactive ketones (excluding diaryl/α,β-unsaturated/α-hetero) is 1. The first kappa shape index (κ1) is 19.6. The summed E-state index contributed by atoms with van der Waals surface area (Å²) in [4.78, 5) is 34.6. The number of esters is 1. The Morgan fingerprint density at radius 1 is 1.25 bits per heavy atom. The Bertz CT molecular complexity index is 613. The van der Waals surface area contributed by atoms with Crippen LogP contribution in [0.3, 0.4) is 0 Å². The molecule has 0 saturated heterocycles. The Morgan fingerprint density at radius 3 is 2.29 bits per heavy atom. The van der Waals surface area contributed by atoms with Gasteiger partial charge in [-0.1, -0.05) is 19.1 Å². The van der Waals surface area contributed by atoms with Crippen LogP contribution >= 0.6 is 0 Å². The van der Waals surface area contributed by atoms with E-state index >= 15 is 0 Å². The fraction of sp³-hybridized carbons (Fsp3) is 0.529. The fourth-order valence-corrected chi connectivity index (χ4v) is 2.18. The Kier molecular flexibility index (Phi) is 6.88. The van der Waals surface area contributed by atoms with Crippen molar-refractivity contribution in [1.29, 1.82) is 0 Å². The van der Waals surface area contributed by atoms with Crippen molar-refractivity contribution in [2.45, 2.75) is 58.6 Å². The second-order valence-electron chi connectivity index (χ2n) is 5.85. The lowest BCUT2D eigenvalue weighted by Gasteiger charge is -2.22. The van der Waals surface area contributed by atoms with E-state index in [1.807, 2.05) is 13.8 Å². The minimum absolute atomic E-state index is 0.0614. The number of rotatable bonds is 9. The molecule has 1 aromatic carbocycles. The first-order chi connectivity index (χ1) is 11.2. The van der Waals surface area contributed by atoms with E-state index in [4.69, 9.17) is 9.47 Å². The summed E-state index contributed by atoms with van der Waals surface area (Å²) in [5.41, 5.74) is -1.95. The van der Waals surface area contributed by atoms with Gasteiger partial charge in [-0.15, -0.1) is 0 Å². The van der Waals surface area contributed by atoms with Gasteiger partial charge >= 0.3 is 11.5 Å². The standard InChI is InChI=1S/C17H23NO6/c1-5-17(18(21)22,11-10-13(4)19)16(20)24-15-9-7-6-8-14(15)23-12(2)3/h6-9,12H,5,10-11H2,1-4H3. The van der Waals surface area contributed by atoms with Crippen molar-refractivity contribution in [3.63, 3.8) is 0 Å². The molecular formula is C17H23NO6. The Labute approximate surface area is 141 Å². The van der Waals surface area contributed by atoms with Gasteiger partial charge in [0, 0.05) is 24.2 Å². The van der Waals surface area contributed by atoms with E-state index in [-0.39, 0.29) is 36.9 Å². The minimum atomic E-state index is -1.95. The first-order valence-electron chi connectivity index (χ1n) is 7.84. The quantitative estimate of drug-likeness (QED) is 0.297. The molecule has 0 aliphatic carbocycles. The lowest BCUT2D eigenvalue weighted by molar-refractivity contribution is -0.556. The Morgan fingerprint density at radius 2 is 1.83 bits per heavy atom. The number of nitrogens with zero attached hydrogens (tertiary/aromatic N) is 1. The van der Waals surface area contributed by atoms with Crippen LogP contribution in [0.5, 0.6) is 11.5 Å². The van der Waals surface area contributed by atoms with Gasteiger partial charge in [-0.2, -0.15) is 0 Å². The molecule has 132 valence electrons. The highest BCUT2D eigenvalue weighted by molar-refractivity contribution is 5.83. The maximum Gasteiger partial charge on any atom is 0.390 e. The highest BCUT2D eigenvalue weighted by Gasteiger charge is 2.51. The lowest BCUT2D eigenvalue weighted by Crippen LogP contribution is -2.48. The highest BCUT2D eigenvalue weighted by Crippen LogP contribution is 2.31. The molecule has 1 rings (SSSR count). The zero-order chi connectivity index (χ0) is 18.3. The highest BCUT2D eigenvalue weighted by atomic mass is 16.6. The van der Waals surface area contributed by atoms with Crippen LogP contribution in [-0.4, -0.2) is 28.3 Å². The van der Waals surface area contributed by atoms with Gasteiger partial charge in [0.25, 0.3) is 0 Å². The van der Waals surface area contributed by atoms with Crippen molar-refractivity contribution in [3.8, 4) is 11.5 Å². The van der Waals surface area contributed by atoms with E-state index in [1.165, 1.54) is 19.9 Å². The van der Waals surface area contributed by atoms with Crippen molar-refractivity contribution in [3.05, 3.63) is 34.4 Å². The van der Waals surface area contributed by atoms with E-state index in [2.05, 4.69) is 0 Å². The number of benzene rings is 1. The molecule has 0 heterocycles. The number of ether oxygens (including phenoxy) is 2. The first-order valence-corrected chi connectivity index (χ1v) is 7.84. The van der Waals surface area contributed by atoms with Crippen LogP contribution in [-0.2, 0) is 9.59 Å². The molecule has 1 atom stereocenters. The van der Waals surface area contributed by atoms with Crippen molar-refractivity contribution in [1.82, 2.24) is 0 Å². The zero-order valence-electron chi connectivity index (χ0n) is 14.4. The molecule has 7 nitrogen and oxygen atoms in total. The van der Waals surface area contributed by atoms with Crippen LogP contribution in [0.4, 0.5) is 0 Å². The third kappa shape index (κ3) is 4.78. The van der Waals surface area contributed by atoms with Gasteiger partial charge in [-0.05, 0) is 32.9 Å². The molecule has 0 saturated carbocycles. The molecule has 1 unspecified atom stereocenters. The summed E-state index contributed by atoms with van der Waals surface area (Å²) in [6.07, 6.45) is -0.473. The third-order valence-electron chi connectivity index (χ3n) is 3.62. The predicted molar refractivity (Wildman–Crippen MR) is 87.8 cm³/mol. The van der Waals surface area contributed by atoms with Gasteiger partial charge in [0.05, 0.1) is 6.10 Å². The second kappa shape index (κ2) is 8.42. The fourth-order valence-electron chi connectivity index (χ4n) is 2.18. The smallest absolute Gasteiger partial charge is 0.390 e. The topological polar surface area (TPSA) is 95.7 Å². The Hall–Kier alpha value is -2.44. The van der Waals surface area contributed by atoms with Crippen LogP contribution in [0, 0.1) is 10.1 Å². The van der Waals surface area contributed by atoms with Crippen LogP contribution in [0.25, 0.3) is 0 Å². The summed E-state index contributed by atoms with van der Waals surface area (Å²) in [5, 5.41) is 11.5. The van der Waals surface area contributed by atoms with Crippen LogP contribution < -0.4 is 9.47 Å². The van der Waals surface area contributed by atoms with E-state index < -0.39 is 16.4 Å². The number of ketones is 1. The average molecular weight is 337 g/mol. The second-order valence-corrected chi connectivity index (χ2v) is 5.85. The molecule has 24 heavy (non-hydrogen) atoms. The number of carbonyl (C=O) groups excluding carboxylic acids is 2. The van der Waals surface area contributed by atoms with E-state index in [9.17, 15) is 19.7 Å². The van der Waals surface area contributed by atoms with Gasteiger partial charge in [0.2, 0.25) is 0 Å². The number of hydrogen-bond donors (Lipinski definition) is 0. The molecule has 1 aromatic rings.